The lowest BCUT2D eigenvalue weighted by Crippen LogP contribution is -2.18. The van der Waals surface area contributed by atoms with E-state index in [0.717, 1.165) is 5.56 Å². The molecule has 0 radical (unpaired) electrons. The van der Waals surface area contributed by atoms with E-state index in [2.05, 4.69) is 10.3 Å². The second-order valence-corrected chi connectivity index (χ2v) is 3.49. The Kier molecular flexibility index (Phi) is 4.62. The third kappa shape index (κ3) is 3.91. The number of rotatable bonds is 3. The maximum atomic E-state index is 11.0. The molecule has 0 spiro atoms. The highest BCUT2D eigenvalue weighted by atomic mass is 35.5. The molecule has 3 nitrogen and oxygen atoms in total. The van der Waals surface area contributed by atoms with Gasteiger partial charge in [0.2, 0.25) is 0 Å². The molecule has 1 rings (SSSR count). The number of benzene rings is 1. The van der Waals surface area contributed by atoms with Crippen molar-refractivity contribution in [2.45, 2.75) is 0 Å². The predicted molar refractivity (Wildman–Crippen MR) is 60.6 cm³/mol. The van der Waals surface area contributed by atoms with E-state index in [0.29, 0.717) is 10.0 Å². The monoisotopic (exact) mass is 245 g/mol. The summed E-state index contributed by atoms with van der Waals surface area (Å²) in [6.07, 6.45) is 2.94. The van der Waals surface area contributed by atoms with E-state index in [9.17, 15) is 4.79 Å². The van der Waals surface area contributed by atoms with Crippen LogP contribution in [0.5, 0.6) is 0 Å². The van der Waals surface area contributed by atoms with Crippen molar-refractivity contribution in [3.63, 3.8) is 0 Å². The summed E-state index contributed by atoms with van der Waals surface area (Å²) in [6.45, 7) is 0. The third-order valence-electron chi connectivity index (χ3n) is 1.57. The number of carbonyl (C=O) groups excluding carboxylic acids is 1. The highest BCUT2D eigenvalue weighted by molar-refractivity contribution is 6.42. The van der Waals surface area contributed by atoms with Gasteiger partial charge in [-0.05, 0) is 23.8 Å². The van der Waals surface area contributed by atoms with Crippen LogP contribution in [0.15, 0.2) is 24.3 Å². The molecule has 0 saturated heterocycles. The number of hydrogen-bond donors (Lipinski definition) is 1. The molecule has 15 heavy (non-hydrogen) atoms. The first-order chi connectivity index (χ1) is 7.13. The summed E-state index contributed by atoms with van der Waals surface area (Å²) in [6, 6.07) is 5.09. The molecule has 1 amide bonds. The molecule has 0 saturated carbocycles. The Morgan fingerprint density at radius 1 is 1.40 bits per heavy atom. The van der Waals surface area contributed by atoms with Crippen molar-refractivity contribution in [3.8, 4) is 0 Å². The minimum Gasteiger partial charge on any atom is -0.277 e. The molecule has 1 aromatic rings. The van der Waals surface area contributed by atoms with Crippen LogP contribution in [0.4, 0.5) is 0 Å². The number of carbonyl (C=O) groups is 1. The number of hydrogen-bond acceptors (Lipinski definition) is 2. The van der Waals surface area contributed by atoms with Crippen LogP contribution in [0, 0.1) is 0 Å². The molecule has 0 aliphatic heterocycles. The zero-order valence-corrected chi connectivity index (χ0v) is 9.47. The van der Waals surface area contributed by atoms with E-state index in [1.165, 1.54) is 13.2 Å². The molecule has 0 aliphatic rings. The van der Waals surface area contributed by atoms with Gasteiger partial charge in [-0.25, -0.2) is 5.48 Å². The average molecular weight is 246 g/mol. The first-order valence-electron chi connectivity index (χ1n) is 4.09. The summed E-state index contributed by atoms with van der Waals surface area (Å²) in [7, 11) is 1.37. The van der Waals surface area contributed by atoms with Crippen molar-refractivity contribution in [2.24, 2.45) is 0 Å². The van der Waals surface area contributed by atoms with Gasteiger partial charge < -0.3 is 0 Å². The smallest absolute Gasteiger partial charge is 0.267 e. The Hall–Kier alpha value is -1.03. The van der Waals surface area contributed by atoms with Gasteiger partial charge in [0.1, 0.15) is 0 Å². The van der Waals surface area contributed by atoms with Crippen molar-refractivity contribution in [1.82, 2.24) is 5.48 Å². The first kappa shape index (κ1) is 12.0. The summed E-state index contributed by atoms with van der Waals surface area (Å²) in [5.74, 6) is -0.344. The minimum atomic E-state index is -0.344. The Bertz CT molecular complexity index is 391. The second-order valence-electron chi connectivity index (χ2n) is 2.68. The minimum absolute atomic E-state index is 0.344. The van der Waals surface area contributed by atoms with Gasteiger partial charge in [-0.3, -0.25) is 9.63 Å². The van der Waals surface area contributed by atoms with Crippen molar-refractivity contribution in [1.29, 1.82) is 0 Å². The molecule has 0 atom stereocenters. The van der Waals surface area contributed by atoms with Crippen LogP contribution in [0.25, 0.3) is 6.08 Å². The van der Waals surface area contributed by atoms with Crippen molar-refractivity contribution >= 4 is 35.2 Å². The van der Waals surface area contributed by atoms with Gasteiger partial charge >= 0.3 is 0 Å². The van der Waals surface area contributed by atoms with E-state index < -0.39 is 0 Å². The summed E-state index contributed by atoms with van der Waals surface area (Å²) in [5.41, 5.74) is 2.94. The topological polar surface area (TPSA) is 38.3 Å². The van der Waals surface area contributed by atoms with E-state index >= 15 is 0 Å². The standard InChI is InChI=1S/C10H9Cl2NO2/c1-15-13-10(14)5-3-7-2-4-8(11)9(12)6-7/h2-6H,1H3,(H,13,14)/b5-3+. The fraction of sp³-hybridized carbons (Fsp3) is 0.100. The van der Waals surface area contributed by atoms with Crippen LogP contribution in [0.1, 0.15) is 5.56 Å². The Morgan fingerprint density at radius 3 is 2.73 bits per heavy atom. The molecule has 1 N–H and O–H groups in total. The fourth-order valence-corrected chi connectivity index (χ4v) is 1.23. The molecule has 0 aliphatic carbocycles. The molecular formula is C10H9Cl2NO2. The molecule has 0 aromatic heterocycles. The zero-order valence-electron chi connectivity index (χ0n) is 7.96. The number of nitrogens with one attached hydrogen (secondary N) is 1. The van der Waals surface area contributed by atoms with Gasteiger partial charge in [-0.15, -0.1) is 0 Å². The number of halogens is 2. The average Bonchev–Trinajstić information content (AvgIpc) is 2.20. The van der Waals surface area contributed by atoms with Crippen molar-refractivity contribution in [2.75, 3.05) is 7.11 Å². The summed E-state index contributed by atoms with van der Waals surface area (Å²) in [5, 5.41) is 0.932. The molecule has 5 heteroatoms. The largest absolute Gasteiger partial charge is 0.277 e. The second kappa shape index (κ2) is 5.75. The van der Waals surface area contributed by atoms with Gasteiger partial charge in [0.15, 0.2) is 0 Å². The third-order valence-corrected chi connectivity index (χ3v) is 2.31. The van der Waals surface area contributed by atoms with Crippen LogP contribution >= 0.6 is 23.2 Å². The highest BCUT2D eigenvalue weighted by Crippen LogP contribution is 2.22. The molecular weight excluding hydrogens is 237 g/mol. The Morgan fingerprint density at radius 2 is 2.13 bits per heavy atom. The predicted octanol–water partition coefficient (Wildman–Crippen LogP) is 2.68. The van der Waals surface area contributed by atoms with Crippen LogP contribution in [-0.4, -0.2) is 13.0 Å². The molecule has 1 aromatic carbocycles. The zero-order chi connectivity index (χ0) is 11.3. The van der Waals surface area contributed by atoms with Crippen molar-refractivity contribution < 1.29 is 9.63 Å². The number of hydroxylamine groups is 1. The van der Waals surface area contributed by atoms with Gasteiger partial charge in [0, 0.05) is 6.08 Å². The molecule has 0 fully saturated rings. The van der Waals surface area contributed by atoms with Crippen LogP contribution in [-0.2, 0) is 9.63 Å². The summed E-state index contributed by atoms with van der Waals surface area (Å²) >= 11 is 11.5. The van der Waals surface area contributed by atoms with Gasteiger partial charge in [-0.2, -0.15) is 0 Å². The lowest BCUT2D eigenvalue weighted by atomic mass is 10.2. The van der Waals surface area contributed by atoms with Gasteiger partial charge in [0.25, 0.3) is 5.91 Å². The van der Waals surface area contributed by atoms with Crippen LogP contribution < -0.4 is 5.48 Å². The first-order valence-corrected chi connectivity index (χ1v) is 4.85. The Balaban J connectivity index is 2.72. The van der Waals surface area contributed by atoms with Crippen LogP contribution in [0.3, 0.4) is 0 Å². The maximum Gasteiger partial charge on any atom is 0.267 e. The Labute approximate surface area is 97.6 Å². The van der Waals surface area contributed by atoms with E-state index in [4.69, 9.17) is 23.2 Å². The summed E-state index contributed by atoms with van der Waals surface area (Å²) in [4.78, 5) is 15.4. The van der Waals surface area contributed by atoms with E-state index in [-0.39, 0.29) is 5.91 Å². The van der Waals surface area contributed by atoms with Gasteiger partial charge in [-0.1, -0.05) is 29.3 Å². The van der Waals surface area contributed by atoms with Crippen LogP contribution in [0.2, 0.25) is 10.0 Å². The summed E-state index contributed by atoms with van der Waals surface area (Å²) < 4.78 is 0. The molecule has 80 valence electrons. The van der Waals surface area contributed by atoms with Gasteiger partial charge in [0.05, 0.1) is 17.2 Å². The maximum absolute atomic E-state index is 11.0. The van der Waals surface area contributed by atoms with E-state index in [1.54, 1.807) is 24.3 Å². The lowest BCUT2D eigenvalue weighted by molar-refractivity contribution is -0.126. The molecule has 0 unspecified atom stereocenters. The van der Waals surface area contributed by atoms with E-state index in [1.807, 2.05) is 0 Å². The highest BCUT2D eigenvalue weighted by Gasteiger charge is 1.97. The normalized spacial score (nSPS) is 10.6. The molecule has 0 heterocycles. The number of amides is 1. The quantitative estimate of drug-likeness (QED) is 0.657. The van der Waals surface area contributed by atoms with Crippen molar-refractivity contribution in [3.05, 3.63) is 39.9 Å². The lowest BCUT2D eigenvalue weighted by Gasteiger charge is -1.98. The fourth-order valence-electron chi connectivity index (χ4n) is 0.923. The SMILES string of the molecule is CONC(=O)/C=C/c1ccc(Cl)c(Cl)c1. The molecule has 0 bridgehead atoms.